The highest BCUT2D eigenvalue weighted by Crippen LogP contribution is 2.42. The Morgan fingerprint density at radius 3 is 2.46 bits per heavy atom. The van der Waals surface area contributed by atoms with E-state index < -0.39 is 29.1 Å². The quantitative estimate of drug-likeness (QED) is 0.274. The summed E-state index contributed by atoms with van der Waals surface area (Å²) >= 11 is 2.49. The average Bonchev–Trinajstić information content (AvgIpc) is 3.51. The SMILES string of the molecule is COc1cccc(-c2c(C)c(Cc3c(F)cccc3F)c3n(c2=O)C(C(=O)c2ncc(C)s2)CS3)c1F. The van der Waals surface area contributed by atoms with Crippen molar-refractivity contribution in [3.63, 3.8) is 0 Å². The van der Waals surface area contributed by atoms with Crippen molar-refractivity contribution < 1.29 is 22.7 Å². The van der Waals surface area contributed by atoms with Gasteiger partial charge in [-0.15, -0.1) is 23.1 Å². The van der Waals surface area contributed by atoms with Crippen molar-refractivity contribution in [3.05, 3.63) is 97.0 Å². The number of ether oxygens (including phenoxy) is 1. The molecule has 0 spiro atoms. The van der Waals surface area contributed by atoms with Crippen LogP contribution < -0.4 is 10.3 Å². The highest BCUT2D eigenvalue weighted by Gasteiger charge is 2.36. The summed E-state index contributed by atoms with van der Waals surface area (Å²) in [5, 5.41) is 0.697. The molecule has 5 rings (SSSR count). The first-order chi connectivity index (χ1) is 17.7. The Labute approximate surface area is 218 Å². The first-order valence-electron chi connectivity index (χ1n) is 11.4. The van der Waals surface area contributed by atoms with Crippen molar-refractivity contribution in [2.45, 2.75) is 31.3 Å². The number of nitrogens with zero attached hydrogens (tertiary/aromatic N) is 2. The summed E-state index contributed by atoms with van der Waals surface area (Å²) in [4.78, 5) is 32.4. The van der Waals surface area contributed by atoms with Crippen molar-refractivity contribution in [1.82, 2.24) is 9.55 Å². The predicted molar refractivity (Wildman–Crippen MR) is 137 cm³/mol. The molecule has 0 saturated heterocycles. The fraction of sp³-hybridized carbons (Fsp3) is 0.222. The molecule has 1 aliphatic rings. The first kappa shape index (κ1) is 25.3. The van der Waals surface area contributed by atoms with E-state index in [1.807, 2.05) is 6.92 Å². The third kappa shape index (κ3) is 4.27. The van der Waals surface area contributed by atoms with E-state index in [0.717, 1.165) is 17.0 Å². The van der Waals surface area contributed by atoms with Crippen molar-refractivity contribution in [3.8, 4) is 16.9 Å². The lowest BCUT2D eigenvalue weighted by Gasteiger charge is -2.20. The number of thiazole rings is 1. The topological polar surface area (TPSA) is 61.2 Å². The van der Waals surface area contributed by atoms with E-state index in [0.29, 0.717) is 16.2 Å². The number of carbonyl (C=O) groups excluding carboxylic acids is 1. The van der Waals surface area contributed by atoms with Crippen LogP contribution in [0.1, 0.15) is 37.4 Å². The number of halogens is 3. The Balaban J connectivity index is 1.78. The Bertz CT molecular complexity index is 1590. The van der Waals surface area contributed by atoms with Gasteiger partial charge in [0, 0.05) is 34.4 Å². The summed E-state index contributed by atoms with van der Waals surface area (Å²) in [6.07, 6.45) is 1.41. The third-order valence-corrected chi connectivity index (χ3v) is 8.56. The summed E-state index contributed by atoms with van der Waals surface area (Å²) in [6.45, 7) is 3.45. The Morgan fingerprint density at radius 2 is 1.81 bits per heavy atom. The van der Waals surface area contributed by atoms with Gasteiger partial charge in [0.2, 0.25) is 5.78 Å². The molecule has 1 unspecified atom stereocenters. The van der Waals surface area contributed by atoms with Crippen LogP contribution in [-0.4, -0.2) is 28.2 Å². The minimum atomic E-state index is -0.893. The maximum atomic E-state index is 15.4. The highest BCUT2D eigenvalue weighted by atomic mass is 32.2. The molecule has 0 saturated carbocycles. The summed E-state index contributed by atoms with van der Waals surface area (Å²) in [6, 6.07) is 7.14. The van der Waals surface area contributed by atoms with Crippen LogP contribution in [0.4, 0.5) is 13.2 Å². The maximum absolute atomic E-state index is 15.4. The average molecular weight is 543 g/mol. The second-order valence-electron chi connectivity index (χ2n) is 8.62. The number of pyridine rings is 1. The zero-order valence-electron chi connectivity index (χ0n) is 20.1. The summed E-state index contributed by atoms with van der Waals surface area (Å²) in [7, 11) is 1.32. The molecule has 5 nitrogen and oxygen atoms in total. The van der Waals surface area contributed by atoms with Gasteiger partial charge in [0.1, 0.15) is 17.7 Å². The minimum absolute atomic E-state index is 0.0133. The molecule has 0 fully saturated rings. The number of aryl methyl sites for hydroxylation is 1. The molecule has 0 bridgehead atoms. The van der Waals surface area contributed by atoms with E-state index in [1.54, 1.807) is 19.2 Å². The second kappa shape index (κ2) is 9.83. The molecular weight excluding hydrogens is 521 g/mol. The molecule has 4 aromatic rings. The number of hydrogen-bond donors (Lipinski definition) is 0. The number of aromatic nitrogens is 2. The van der Waals surface area contributed by atoms with Gasteiger partial charge in [-0.05, 0) is 43.2 Å². The second-order valence-corrected chi connectivity index (χ2v) is 10.9. The molecule has 0 N–H and O–H groups in total. The van der Waals surface area contributed by atoms with Crippen LogP contribution in [0.5, 0.6) is 5.75 Å². The largest absolute Gasteiger partial charge is 0.494 e. The maximum Gasteiger partial charge on any atom is 0.260 e. The van der Waals surface area contributed by atoms with Crippen molar-refractivity contribution >= 4 is 28.9 Å². The number of thioether (sulfide) groups is 1. The van der Waals surface area contributed by atoms with E-state index in [-0.39, 0.29) is 45.4 Å². The number of rotatable bonds is 6. The van der Waals surface area contributed by atoms with Crippen LogP contribution >= 0.6 is 23.1 Å². The molecule has 37 heavy (non-hydrogen) atoms. The predicted octanol–water partition coefficient (Wildman–Crippen LogP) is 6.14. The number of hydrogen-bond acceptors (Lipinski definition) is 6. The van der Waals surface area contributed by atoms with Crippen LogP contribution in [0.3, 0.4) is 0 Å². The number of benzene rings is 2. The lowest BCUT2D eigenvalue weighted by atomic mass is 9.93. The van der Waals surface area contributed by atoms with Gasteiger partial charge in [-0.25, -0.2) is 18.2 Å². The summed E-state index contributed by atoms with van der Waals surface area (Å²) in [5.41, 5.74) is 0.111. The minimum Gasteiger partial charge on any atom is -0.494 e. The third-order valence-electron chi connectivity index (χ3n) is 6.43. The lowest BCUT2D eigenvalue weighted by molar-refractivity contribution is 0.0934. The van der Waals surface area contributed by atoms with E-state index in [4.69, 9.17) is 4.74 Å². The number of methoxy groups -OCH3 is 1. The van der Waals surface area contributed by atoms with Crippen molar-refractivity contribution in [2.75, 3.05) is 12.9 Å². The smallest absolute Gasteiger partial charge is 0.260 e. The molecule has 10 heteroatoms. The first-order valence-corrected chi connectivity index (χ1v) is 13.2. The monoisotopic (exact) mass is 542 g/mol. The normalized spacial score (nSPS) is 14.6. The highest BCUT2D eigenvalue weighted by molar-refractivity contribution is 7.99. The van der Waals surface area contributed by atoms with Gasteiger partial charge in [0.25, 0.3) is 5.56 Å². The van der Waals surface area contributed by atoms with E-state index >= 15 is 4.39 Å². The van der Waals surface area contributed by atoms with Crippen LogP contribution in [0.2, 0.25) is 0 Å². The standard InChI is InChI=1S/C27H21F3N2O3S2/c1-13-11-31-25(37-13)24(33)20-12-36-27-16(10-17-18(28)7-5-8-19(17)29)14(2)22(26(34)32(20)27)15-6-4-9-21(35-3)23(15)30/h4-9,11,20H,10,12H2,1-3H3. The molecule has 1 aliphatic heterocycles. The van der Waals surface area contributed by atoms with Crippen LogP contribution in [-0.2, 0) is 6.42 Å². The molecule has 3 heterocycles. The van der Waals surface area contributed by atoms with Gasteiger partial charge in [0.15, 0.2) is 16.6 Å². The zero-order valence-corrected chi connectivity index (χ0v) is 21.7. The lowest BCUT2D eigenvalue weighted by Crippen LogP contribution is -2.31. The number of Topliss-reactive ketones (excluding diaryl/α,β-unsaturated/α-hetero) is 1. The van der Waals surface area contributed by atoms with Gasteiger partial charge in [-0.2, -0.15) is 0 Å². The van der Waals surface area contributed by atoms with Crippen LogP contribution in [0, 0.1) is 31.3 Å². The molecule has 2 aromatic carbocycles. The summed E-state index contributed by atoms with van der Waals surface area (Å²) in [5.74, 6) is -2.35. The molecule has 0 amide bonds. The Morgan fingerprint density at radius 1 is 1.11 bits per heavy atom. The van der Waals surface area contributed by atoms with Gasteiger partial charge in [-0.1, -0.05) is 18.2 Å². The van der Waals surface area contributed by atoms with Gasteiger partial charge >= 0.3 is 0 Å². The molecule has 2 aromatic heterocycles. The molecule has 1 atom stereocenters. The molecular formula is C27H21F3N2O3S2. The number of fused-ring (bicyclic) bond motifs is 1. The fourth-order valence-electron chi connectivity index (χ4n) is 4.57. The van der Waals surface area contributed by atoms with Gasteiger partial charge < -0.3 is 4.74 Å². The zero-order chi connectivity index (χ0) is 26.4. The summed E-state index contributed by atoms with van der Waals surface area (Å²) < 4.78 is 51.2. The molecule has 0 aliphatic carbocycles. The Hall–Kier alpha value is -3.37. The number of carbonyl (C=O) groups is 1. The van der Waals surface area contributed by atoms with Gasteiger partial charge in [0.05, 0.1) is 17.7 Å². The van der Waals surface area contributed by atoms with Crippen LogP contribution in [0.25, 0.3) is 11.1 Å². The van der Waals surface area contributed by atoms with Crippen LogP contribution in [0.15, 0.2) is 52.4 Å². The fourth-order valence-corrected chi connectivity index (χ4v) is 6.69. The number of ketones is 1. The Kier molecular flexibility index (Phi) is 6.72. The van der Waals surface area contributed by atoms with Crippen molar-refractivity contribution in [2.24, 2.45) is 0 Å². The van der Waals surface area contributed by atoms with E-state index in [1.165, 1.54) is 53.0 Å². The molecule has 190 valence electrons. The van der Waals surface area contributed by atoms with E-state index in [2.05, 4.69) is 4.98 Å². The van der Waals surface area contributed by atoms with Gasteiger partial charge in [-0.3, -0.25) is 14.2 Å². The molecule has 0 radical (unpaired) electrons. The van der Waals surface area contributed by atoms with Crippen molar-refractivity contribution in [1.29, 1.82) is 0 Å². The van der Waals surface area contributed by atoms with E-state index in [9.17, 15) is 18.4 Å².